The van der Waals surface area contributed by atoms with Crippen molar-refractivity contribution in [3.8, 4) is 0 Å². The van der Waals surface area contributed by atoms with Gasteiger partial charge in [0, 0.05) is 0 Å². The lowest BCUT2D eigenvalue weighted by Crippen LogP contribution is -2.16. The van der Waals surface area contributed by atoms with Crippen molar-refractivity contribution in [3.63, 3.8) is 0 Å². The molecule has 0 nitrogen and oxygen atoms in total. The van der Waals surface area contributed by atoms with E-state index in [1.54, 1.807) is 0 Å². The van der Waals surface area contributed by atoms with Gasteiger partial charge in [0.1, 0.15) is 0 Å². The molecular formula is C35H44. The summed E-state index contributed by atoms with van der Waals surface area (Å²) in [6.45, 7) is 22.7. The second-order valence-electron chi connectivity index (χ2n) is 11.5. The Hall–Kier alpha value is -2.86. The van der Waals surface area contributed by atoms with Gasteiger partial charge in [-0.15, -0.1) is 0 Å². The van der Waals surface area contributed by atoms with Gasteiger partial charge in [0.25, 0.3) is 0 Å². The molecule has 0 aromatic heterocycles. The Labute approximate surface area is 214 Å². The summed E-state index contributed by atoms with van der Waals surface area (Å²) in [5.41, 5.74) is 16.8. The Morgan fingerprint density at radius 3 is 1.89 bits per heavy atom. The van der Waals surface area contributed by atoms with Gasteiger partial charge in [0.2, 0.25) is 0 Å². The molecule has 0 atom stereocenters. The molecule has 0 fully saturated rings. The highest BCUT2D eigenvalue weighted by Gasteiger charge is 2.24. The first-order valence-corrected chi connectivity index (χ1v) is 13.0. The molecule has 3 rings (SSSR count). The maximum atomic E-state index is 2.39. The lowest BCUT2D eigenvalue weighted by molar-refractivity contribution is 0.355. The van der Waals surface area contributed by atoms with E-state index in [2.05, 4.69) is 130 Å². The van der Waals surface area contributed by atoms with E-state index < -0.39 is 0 Å². The molecule has 1 aliphatic carbocycles. The zero-order valence-corrected chi connectivity index (χ0v) is 23.7. The van der Waals surface area contributed by atoms with Gasteiger partial charge in [-0.3, -0.25) is 0 Å². The molecule has 184 valence electrons. The third-order valence-electron chi connectivity index (χ3n) is 7.68. The largest absolute Gasteiger partial charge is 0.0686 e. The van der Waals surface area contributed by atoms with Gasteiger partial charge in [-0.25, -0.2) is 0 Å². The predicted octanol–water partition coefficient (Wildman–Crippen LogP) is 10.3. The highest BCUT2D eigenvalue weighted by molar-refractivity contribution is 5.82. The van der Waals surface area contributed by atoms with Crippen molar-refractivity contribution >= 4 is 11.6 Å². The van der Waals surface area contributed by atoms with Gasteiger partial charge in [-0.1, -0.05) is 85.7 Å². The van der Waals surface area contributed by atoms with Gasteiger partial charge in [-0.05, 0) is 129 Å². The Morgan fingerprint density at radius 2 is 1.31 bits per heavy atom. The fraction of sp³-hybridized carbons (Fsp3) is 0.371. The van der Waals surface area contributed by atoms with Crippen molar-refractivity contribution in [2.24, 2.45) is 5.41 Å². The molecule has 35 heavy (non-hydrogen) atoms. The molecule has 0 N–H and O–H groups in total. The molecular weight excluding hydrogens is 420 g/mol. The molecule has 2 aromatic rings. The molecule has 0 radical (unpaired) electrons. The number of allylic oxidation sites excluding steroid dienone is 9. The molecule has 0 bridgehead atoms. The van der Waals surface area contributed by atoms with Crippen LogP contribution in [-0.4, -0.2) is 0 Å². The molecule has 0 saturated carbocycles. The van der Waals surface area contributed by atoms with Crippen molar-refractivity contribution < 1.29 is 0 Å². The van der Waals surface area contributed by atoms with Crippen LogP contribution in [0.25, 0.3) is 11.6 Å². The average molecular weight is 465 g/mol. The Kier molecular flexibility index (Phi) is 8.26. The first-order valence-electron chi connectivity index (χ1n) is 13.0. The standard InChI is InChI=1S/C35H44/c1-23(2)33(34-28(7)26(5)25(4)27(6)29(34)8)13-11-12-31-20-32(22-35(9,10)21-31)19-18-30-16-14-24(3)15-17-30/h11-20H,21-22H2,1-10H3/b13-11+,19-18+,31-12-. The van der Waals surface area contributed by atoms with E-state index in [4.69, 9.17) is 0 Å². The van der Waals surface area contributed by atoms with E-state index in [0.29, 0.717) is 0 Å². The fourth-order valence-electron chi connectivity index (χ4n) is 5.27. The van der Waals surface area contributed by atoms with Gasteiger partial charge >= 0.3 is 0 Å². The first-order chi connectivity index (χ1) is 16.4. The maximum Gasteiger partial charge on any atom is -0.0121 e. The molecule has 0 heterocycles. The predicted molar refractivity (Wildman–Crippen MR) is 157 cm³/mol. The third-order valence-corrected chi connectivity index (χ3v) is 7.68. The SMILES string of the molecule is CC(C)=C(/C=C/C=C1C=C(/C=C/c2ccc(C)cc2)CC(C)(C)C/1)c1c(C)c(C)c(C)c(C)c1C. The second-order valence-corrected chi connectivity index (χ2v) is 11.5. The minimum atomic E-state index is 0.263. The van der Waals surface area contributed by atoms with Crippen LogP contribution in [0.5, 0.6) is 0 Å². The molecule has 0 heteroatoms. The first kappa shape index (κ1) is 26.7. The number of benzene rings is 2. The van der Waals surface area contributed by atoms with E-state index >= 15 is 0 Å². The zero-order valence-electron chi connectivity index (χ0n) is 23.7. The van der Waals surface area contributed by atoms with Crippen LogP contribution >= 0.6 is 0 Å². The summed E-state index contributed by atoms with van der Waals surface area (Å²) in [5.74, 6) is 0. The highest BCUT2D eigenvalue weighted by Crippen LogP contribution is 2.39. The third kappa shape index (κ3) is 6.43. The summed E-state index contributed by atoms with van der Waals surface area (Å²) in [6, 6.07) is 8.74. The Balaban J connectivity index is 1.94. The summed E-state index contributed by atoms with van der Waals surface area (Å²) >= 11 is 0. The normalized spacial score (nSPS) is 16.9. The maximum absolute atomic E-state index is 2.39. The summed E-state index contributed by atoms with van der Waals surface area (Å²) in [5, 5.41) is 0. The van der Waals surface area contributed by atoms with Crippen molar-refractivity contribution in [3.05, 3.63) is 116 Å². The van der Waals surface area contributed by atoms with E-state index in [9.17, 15) is 0 Å². The van der Waals surface area contributed by atoms with Crippen LogP contribution in [0, 0.1) is 47.0 Å². The van der Waals surface area contributed by atoms with Gasteiger partial charge in [-0.2, -0.15) is 0 Å². The smallest absolute Gasteiger partial charge is 0.0121 e. The molecule has 0 spiro atoms. The molecule has 0 saturated heterocycles. The molecule has 0 amide bonds. The number of rotatable bonds is 5. The molecule has 0 aliphatic heterocycles. The lowest BCUT2D eigenvalue weighted by Gasteiger charge is -2.30. The topological polar surface area (TPSA) is 0 Å². The summed E-state index contributed by atoms with van der Waals surface area (Å²) < 4.78 is 0. The molecule has 1 aliphatic rings. The van der Waals surface area contributed by atoms with Crippen LogP contribution in [0.15, 0.2) is 71.4 Å². The van der Waals surface area contributed by atoms with Crippen molar-refractivity contribution in [1.29, 1.82) is 0 Å². The lowest BCUT2D eigenvalue weighted by atomic mass is 9.75. The number of hydrogen-bond acceptors (Lipinski definition) is 0. The molecule has 2 aromatic carbocycles. The van der Waals surface area contributed by atoms with E-state index in [1.165, 1.54) is 66.8 Å². The zero-order chi connectivity index (χ0) is 25.9. The minimum Gasteiger partial charge on any atom is -0.0686 e. The summed E-state index contributed by atoms with van der Waals surface area (Å²) in [6.07, 6.45) is 16.1. The van der Waals surface area contributed by atoms with Gasteiger partial charge in [0.05, 0.1) is 0 Å². The van der Waals surface area contributed by atoms with Crippen LogP contribution in [0.2, 0.25) is 0 Å². The van der Waals surface area contributed by atoms with Crippen molar-refractivity contribution in [2.45, 2.75) is 82.1 Å². The van der Waals surface area contributed by atoms with E-state index in [-0.39, 0.29) is 5.41 Å². The van der Waals surface area contributed by atoms with Crippen molar-refractivity contribution in [1.82, 2.24) is 0 Å². The van der Waals surface area contributed by atoms with Crippen LogP contribution in [0.4, 0.5) is 0 Å². The quantitative estimate of drug-likeness (QED) is 0.386. The summed E-state index contributed by atoms with van der Waals surface area (Å²) in [7, 11) is 0. The van der Waals surface area contributed by atoms with Crippen LogP contribution in [0.1, 0.15) is 85.0 Å². The van der Waals surface area contributed by atoms with E-state index in [0.717, 1.165) is 12.8 Å². The number of hydrogen-bond donors (Lipinski definition) is 0. The van der Waals surface area contributed by atoms with Gasteiger partial charge < -0.3 is 0 Å². The number of aryl methyl sites for hydroxylation is 1. The van der Waals surface area contributed by atoms with Crippen LogP contribution < -0.4 is 0 Å². The van der Waals surface area contributed by atoms with Crippen molar-refractivity contribution in [2.75, 3.05) is 0 Å². The Morgan fingerprint density at radius 1 is 0.743 bits per heavy atom. The average Bonchev–Trinajstić information content (AvgIpc) is 2.79. The minimum absolute atomic E-state index is 0.263. The monoisotopic (exact) mass is 464 g/mol. The summed E-state index contributed by atoms with van der Waals surface area (Å²) in [4.78, 5) is 0. The highest BCUT2D eigenvalue weighted by atomic mass is 14.3. The second kappa shape index (κ2) is 10.8. The van der Waals surface area contributed by atoms with E-state index in [1.807, 2.05) is 0 Å². The van der Waals surface area contributed by atoms with Gasteiger partial charge in [0.15, 0.2) is 0 Å². The van der Waals surface area contributed by atoms with Crippen LogP contribution in [-0.2, 0) is 0 Å². The molecule has 0 unspecified atom stereocenters. The fourth-order valence-corrected chi connectivity index (χ4v) is 5.27. The van der Waals surface area contributed by atoms with Crippen LogP contribution in [0.3, 0.4) is 0 Å². The Bertz CT molecular complexity index is 1220.